The zero-order chi connectivity index (χ0) is 20.1. The summed E-state index contributed by atoms with van der Waals surface area (Å²) in [5.74, 6) is -0.0812. The first kappa shape index (κ1) is 20.5. The van der Waals surface area contributed by atoms with Crippen LogP contribution in [0.3, 0.4) is 0 Å². The summed E-state index contributed by atoms with van der Waals surface area (Å²) in [4.78, 5) is 31.7. The minimum atomic E-state index is -0.229. The van der Waals surface area contributed by atoms with E-state index in [1.807, 2.05) is 18.2 Å². The van der Waals surface area contributed by atoms with Crippen LogP contribution in [-0.2, 0) is 11.2 Å². The number of carbonyl (C=O) groups is 1. The molecule has 2 N–H and O–H groups in total. The maximum absolute atomic E-state index is 12.5. The van der Waals surface area contributed by atoms with Crippen molar-refractivity contribution in [1.29, 1.82) is 0 Å². The molecule has 0 aliphatic carbocycles. The molecule has 1 heterocycles. The molecule has 0 saturated carbocycles. The number of H-pyrrole nitrogens is 1. The van der Waals surface area contributed by atoms with Crippen LogP contribution in [-0.4, -0.2) is 21.6 Å². The number of thioether (sulfide) groups is 1. The highest BCUT2D eigenvalue weighted by Gasteiger charge is 2.12. The molecule has 3 aromatic rings. The summed E-state index contributed by atoms with van der Waals surface area (Å²) < 4.78 is 0. The van der Waals surface area contributed by atoms with Gasteiger partial charge in [0, 0.05) is 33.4 Å². The summed E-state index contributed by atoms with van der Waals surface area (Å²) in [5, 5.41) is 4.37. The number of anilines is 1. The van der Waals surface area contributed by atoms with Crippen LogP contribution < -0.4 is 10.9 Å². The normalized spacial score (nSPS) is 10.7. The Kier molecular flexibility index (Phi) is 6.78. The number of hydrogen-bond donors (Lipinski definition) is 2. The molecule has 0 unspecified atom stereocenters. The molecule has 2 aromatic carbocycles. The minimum Gasteiger partial charge on any atom is -0.325 e. The van der Waals surface area contributed by atoms with Crippen molar-refractivity contribution in [1.82, 2.24) is 9.97 Å². The number of benzene rings is 2. The van der Waals surface area contributed by atoms with Crippen molar-refractivity contribution in [2.45, 2.75) is 18.5 Å². The Labute approximate surface area is 176 Å². The lowest BCUT2D eigenvalue weighted by Gasteiger charge is -2.09. The molecule has 5 nitrogen and oxygen atoms in total. The number of aromatic nitrogens is 2. The van der Waals surface area contributed by atoms with E-state index in [9.17, 15) is 9.59 Å². The minimum absolute atomic E-state index is 0.120. The first-order valence-corrected chi connectivity index (χ1v) is 10.2. The van der Waals surface area contributed by atoms with Crippen LogP contribution >= 0.6 is 35.0 Å². The molecule has 28 heavy (non-hydrogen) atoms. The fourth-order valence-electron chi connectivity index (χ4n) is 2.56. The molecule has 3 rings (SSSR count). The summed E-state index contributed by atoms with van der Waals surface area (Å²) >= 11 is 13.2. The van der Waals surface area contributed by atoms with E-state index >= 15 is 0 Å². The van der Waals surface area contributed by atoms with E-state index in [-0.39, 0.29) is 17.2 Å². The average molecular weight is 434 g/mol. The van der Waals surface area contributed by atoms with E-state index in [1.54, 1.807) is 37.3 Å². The van der Waals surface area contributed by atoms with Crippen LogP contribution in [0, 0.1) is 6.92 Å². The Morgan fingerprint density at radius 3 is 2.54 bits per heavy atom. The Bertz CT molecular complexity index is 1050. The lowest BCUT2D eigenvalue weighted by Crippen LogP contribution is -2.19. The molecular formula is C20H17Cl2N3O2S. The number of aromatic amines is 1. The van der Waals surface area contributed by atoms with Gasteiger partial charge >= 0.3 is 0 Å². The number of rotatable bonds is 6. The van der Waals surface area contributed by atoms with Crippen molar-refractivity contribution in [2.24, 2.45) is 0 Å². The summed E-state index contributed by atoms with van der Waals surface area (Å²) in [6.07, 6.45) is 0.399. The number of halogens is 2. The second kappa shape index (κ2) is 9.28. The number of aryl methyl sites for hydroxylation is 1. The monoisotopic (exact) mass is 433 g/mol. The third-order valence-corrected chi connectivity index (χ3v) is 5.49. The van der Waals surface area contributed by atoms with Crippen LogP contribution in [0.4, 0.5) is 5.69 Å². The molecule has 144 valence electrons. The number of hydrogen-bond acceptors (Lipinski definition) is 4. The maximum Gasteiger partial charge on any atom is 0.255 e. The fraction of sp³-hybridized carbons (Fsp3) is 0.150. The summed E-state index contributed by atoms with van der Waals surface area (Å²) in [5.41, 5.74) is 2.46. The van der Waals surface area contributed by atoms with Gasteiger partial charge in [-0.3, -0.25) is 9.59 Å². The molecule has 1 aromatic heterocycles. The second-order valence-electron chi connectivity index (χ2n) is 6.05. The number of carbonyl (C=O) groups excluding carboxylic acids is 1. The second-order valence-corrected chi connectivity index (χ2v) is 7.85. The highest BCUT2D eigenvalue weighted by molar-refractivity contribution is 7.99. The van der Waals surface area contributed by atoms with E-state index in [0.29, 0.717) is 38.6 Å². The van der Waals surface area contributed by atoms with Crippen LogP contribution in [0.2, 0.25) is 10.0 Å². The third-order valence-electron chi connectivity index (χ3n) is 3.99. The fourth-order valence-corrected chi connectivity index (χ4v) is 3.59. The van der Waals surface area contributed by atoms with Gasteiger partial charge in [-0.15, -0.1) is 0 Å². The van der Waals surface area contributed by atoms with Gasteiger partial charge in [-0.05, 0) is 42.8 Å². The molecule has 0 bridgehead atoms. The highest BCUT2D eigenvalue weighted by Crippen LogP contribution is 2.20. The SMILES string of the molecule is Cc1nc(SCC(=O)Nc2ccc(Cl)cc2)[nH]c(=O)c1Cc1ccccc1Cl. The predicted octanol–water partition coefficient (Wildman–Crippen LogP) is 4.71. The molecule has 0 atom stereocenters. The van der Waals surface area contributed by atoms with E-state index < -0.39 is 0 Å². The van der Waals surface area contributed by atoms with Gasteiger partial charge < -0.3 is 10.3 Å². The Hall–Kier alpha value is -2.28. The van der Waals surface area contributed by atoms with E-state index in [4.69, 9.17) is 23.2 Å². The number of nitrogens with one attached hydrogen (secondary N) is 2. The van der Waals surface area contributed by atoms with Crippen molar-refractivity contribution in [3.05, 3.63) is 85.8 Å². The Morgan fingerprint density at radius 1 is 1.14 bits per heavy atom. The molecule has 0 aliphatic heterocycles. The standard InChI is InChI=1S/C20H17Cl2N3O2S/c1-12-16(10-13-4-2-3-5-17(13)22)19(27)25-20(23-12)28-11-18(26)24-15-8-6-14(21)7-9-15/h2-9H,10-11H2,1H3,(H,24,26)(H,23,25,27). The molecule has 1 amide bonds. The van der Waals surface area contributed by atoms with Crippen molar-refractivity contribution in [3.63, 3.8) is 0 Å². The molecule has 8 heteroatoms. The molecule has 0 spiro atoms. The molecule has 0 fully saturated rings. The van der Waals surface area contributed by atoms with Gasteiger partial charge in [0.2, 0.25) is 5.91 Å². The smallest absolute Gasteiger partial charge is 0.255 e. The lowest BCUT2D eigenvalue weighted by atomic mass is 10.1. The Morgan fingerprint density at radius 2 is 1.86 bits per heavy atom. The van der Waals surface area contributed by atoms with Crippen molar-refractivity contribution >= 4 is 46.6 Å². The van der Waals surface area contributed by atoms with E-state index in [2.05, 4.69) is 15.3 Å². The topological polar surface area (TPSA) is 74.8 Å². The summed E-state index contributed by atoms with van der Waals surface area (Å²) in [6, 6.07) is 14.2. The Balaban J connectivity index is 1.65. The molecular weight excluding hydrogens is 417 g/mol. The first-order valence-electron chi connectivity index (χ1n) is 8.44. The lowest BCUT2D eigenvalue weighted by molar-refractivity contribution is -0.113. The predicted molar refractivity (Wildman–Crippen MR) is 115 cm³/mol. The largest absolute Gasteiger partial charge is 0.325 e. The summed E-state index contributed by atoms with van der Waals surface area (Å²) in [6.45, 7) is 1.78. The van der Waals surface area contributed by atoms with Gasteiger partial charge in [0.05, 0.1) is 5.75 Å². The molecule has 0 aliphatic rings. The number of amides is 1. The molecule has 0 saturated heterocycles. The van der Waals surface area contributed by atoms with Crippen molar-refractivity contribution < 1.29 is 4.79 Å². The van der Waals surface area contributed by atoms with E-state index in [1.165, 1.54) is 11.8 Å². The average Bonchev–Trinajstić information content (AvgIpc) is 2.66. The quantitative estimate of drug-likeness (QED) is 0.436. The van der Waals surface area contributed by atoms with Crippen LogP contribution in [0.25, 0.3) is 0 Å². The van der Waals surface area contributed by atoms with Crippen molar-refractivity contribution in [3.8, 4) is 0 Å². The summed E-state index contributed by atoms with van der Waals surface area (Å²) in [7, 11) is 0. The van der Waals surface area contributed by atoms with Gasteiger partial charge in [-0.2, -0.15) is 0 Å². The third kappa shape index (κ3) is 5.38. The van der Waals surface area contributed by atoms with Gasteiger partial charge in [-0.1, -0.05) is 53.2 Å². The highest BCUT2D eigenvalue weighted by atomic mass is 35.5. The molecule has 0 radical (unpaired) electrons. The van der Waals surface area contributed by atoms with Gasteiger partial charge in [0.1, 0.15) is 0 Å². The first-order chi connectivity index (χ1) is 13.4. The van der Waals surface area contributed by atoms with Crippen molar-refractivity contribution in [2.75, 3.05) is 11.1 Å². The maximum atomic E-state index is 12.5. The zero-order valence-electron chi connectivity index (χ0n) is 15.0. The van der Waals surface area contributed by atoms with Gasteiger partial charge in [-0.25, -0.2) is 4.98 Å². The zero-order valence-corrected chi connectivity index (χ0v) is 17.3. The number of nitrogens with zero attached hydrogens (tertiary/aromatic N) is 1. The van der Waals surface area contributed by atoms with Crippen LogP contribution in [0.1, 0.15) is 16.8 Å². The van der Waals surface area contributed by atoms with Crippen LogP contribution in [0.15, 0.2) is 58.5 Å². The van der Waals surface area contributed by atoms with Gasteiger partial charge in [0.15, 0.2) is 5.16 Å². The van der Waals surface area contributed by atoms with E-state index in [0.717, 1.165) is 5.56 Å². The van der Waals surface area contributed by atoms with Crippen LogP contribution in [0.5, 0.6) is 0 Å². The van der Waals surface area contributed by atoms with Gasteiger partial charge in [0.25, 0.3) is 5.56 Å².